The SMILES string of the molecule is CCN1C(=O)C2(c3ccccc31)c1c(oc3ccc(Cl)cc3c1=O)C(=O)N2CCCN(C)C. The summed E-state index contributed by atoms with van der Waals surface area (Å²) in [5, 5.41) is 0.632. The Hall–Kier alpha value is -3.16. The molecule has 3 aromatic rings. The molecule has 1 unspecified atom stereocenters. The van der Waals surface area contributed by atoms with Gasteiger partial charge < -0.3 is 19.1 Å². The van der Waals surface area contributed by atoms with Crippen molar-refractivity contribution in [3.63, 3.8) is 0 Å². The van der Waals surface area contributed by atoms with Gasteiger partial charge >= 0.3 is 0 Å². The molecule has 5 rings (SSSR count). The quantitative estimate of drug-likeness (QED) is 0.577. The van der Waals surface area contributed by atoms with E-state index < -0.39 is 16.9 Å². The van der Waals surface area contributed by atoms with Crippen LogP contribution in [0.25, 0.3) is 11.0 Å². The molecule has 1 aromatic heterocycles. The molecular formula is C25H24ClN3O4. The number of para-hydroxylation sites is 1. The molecule has 0 aliphatic carbocycles. The zero-order valence-corrected chi connectivity index (χ0v) is 19.5. The summed E-state index contributed by atoms with van der Waals surface area (Å²) in [5.41, 5.74) is -0.273. The van der Waals surface area contributed by atoms with Crippen molar-refractivity contribution in [1.29, 1.82) is 0 Å². The van der Waals surface area contributed by atoms with E-state index in [0.29, 0.717) is 35.8 Å². The molecule has 7 nitrogen and oxygen atoms in total. The number of amides is 2. The van der Waals surface area contributed by atoms with Crippen LogP contribution < -0.4 is 10.3 Å². The lowest BCUT2D eigenvalue weighted by atomic mass is 9.84. The average Bonchev–Trinajstić information content (AvgIpc) is 3.18. The molecule has 3 heterocycles. The van der Waals surface area contributed by atoms with Crippen LogP contribution in [0.3, 0.4) is 0 Å². The molecule has 0 N–H and O–H groups in total. The number of halogens is 1. The molecular weight excluding hydrogens is 442 g/mol. The van der Waals surface area contributed by atoms with Crippen LogP contribution in [-0.2, 0) is 10.3 Å². The summed E-state index contributed by atoms with van der Waals surface area (Å²) in [6.07, 6.45) is 0.635. The molecule has 0 radical (unpaired) electrons. The molecule has 2 amide bonds. The van der Waals surface area contributed by atoms with Crippen LogP contribution in [0.5, 0.6) is 0 Å². The van der Waals surface area contributed by atoms with Gasteiger partial charge in [0.25, 0.3) is 11.8 Å². The number of carbonyl (C=O) groups excluding carboxylic acids is 2. The van der Waals surface area contributed by atoms with Gasteiger partial charge in [-0.3, -0.25) is 14.4 Å². The van der Waals surface area contributed by atoms with Gasteiger partial charge in [-0.25, -0.2) is 0 Å². The number of likely N-dealkylation sites (N-methyl/N-ethyl adjacent to an activating group) is 1. The number of rotatable bonds is 5. The molecule has 2 aromatic carbocycles. The molecule has 170 valence electrons. The Bertz CT molecular complexity index is 1370. The molecule has 0 saturated carbocycles. The molecule has 1 atom stereocenters. The van der Waals surface area contributed by atoms with Crippen LogP contribution in [0, 0.1) is 0 Å². The van der Waals surface area contributed by atoms with E-state index in [4.69, 9.17) is 16.0 Å². The number of hydrogen-bond donors (Lipinski definition) is 0. The number of carbonyl (C=O) groups is 2. The fourth-order valence-electron chi connectivity index (χ4n) is 5.12. The van der Waals surface area contributed by atoms with Crippen LogP contribution in [0.15, 0.2) is 51.7 Å². The van der Waals surface area contributed by atoms with Crippen molar-refractivity contribution >= 4 is 40.1 Å². The maximum absolute atomic E-state index is 14.1. The Balaban J connectivity index is 1.84. The van der Waals surface area contributed by atoms with Crippen LogP contribution >= 0.6 is 11.6 Å². The van der Waals surface area contributed by atoms with Crippen molar-refractivity contribution in [2.75, 3.05) is 38.6 Å². The van der Waals surface area contributed by atoms with E-state index in [1.165, 1.54) is 11.0 Å². The van der Waals surface area contributed by atoms with Gasteiger partial charge in [-0.05, 0) is 58.3 Å². The maximum Gasteiger partial charge on any atom is 0.291 e. The summed E-state index contributed by atoms with van der Waals surface area (Å²) < 4.78 is 6.00. The first-order chi connectivity index (χ1) is 15.8. The molecule has 33 heavy (non-hydrogen) atoms. The highest BCUT2D eigenvalue weighted by atomic mass is 35.5. The standard InChI is InChI=1S/C25H24ClN3O4/c1-4-28-18-9-6-5-8-17(18)25(24(28)32)20-21(30)16-14-15(26)10-11-19(16)33-22(20)23(31)29(25)13-7-12-27(2)3/h5-6,8-11,14H,4,7,12-13H2,1-3H3. The second-order valence-corrected chi connectivity index (χ2v) is 9.10. The van der Waals surface area contributed by atoms with Crippen LogP contribution in [0.4, 0.5) is 5.69 Å². The summed E-state index contributed by atoms with van der Waals surface area (Å²) in [6.45, 7) is 3.32. The zero-order valence-electron chi connectivity index (χ0n) is 18.7. The summed E-state index contributed by atoms with van der Waals surface area (Å²) in [7, 11) is 3.90. The summed E-state index contributed by atoms with van der Waals surface area (Å²) in [4.78, 5) is 46.9. The summed E-state index contributed by atoms with van der Waals surface area (Å²) in [5.74, 6) is -0.823. The first kappa shape index (κ1) is 21.7. The first-order valence-electron chi connectivity index (χ1n) is 11.0. The van der Waals surface area contributed by atoms with E-state index in [-0.39, 0.29) is 28.2 Å². The van der Waals surface area contributed by atoms with Crippen molar-refractivity contribution in [2.45, 2.75) is 18.9 Å². The van der Waals surface area contributed by atoms with E-state index >= 15 is 0 Å². The first-order valence-corrected chi connectivity index (χ1v) is 11.3. The predicted molar refractivity (Wildman–Crippen MR) is 127 cm³/mol. The lowest BCUT2D eigenvalue weighted by molar-refractivity contribution is -0.126. The zero-order chi connectivity index (χ0) is 23.5. The van der Waals surface area contributed by atoms with Crippen LogP contribution in [0.1, 0.15) is 35.0 Å². The van der Waals surface area contributed by atoms with E-state index in [1.807, 2.05) is 50.2 Å². The highest BCUT2D eigenvalue weighted by Gasteiger charge is 2.64. The second-order valence-electron chi connectivity index (χ2n) is 8.67. The average molecular weight is 466 g/mol. The largest absolute Gasteiger partial charge is 0.450 e. The van der Waals surface area contributed by atoms with Crippen molar-refractivity contribution in [3.8, 4) is 0 Å². The van der Waals surface area contributed by atoms with Gasteiger partial charge in [0.05, 0.1) is 16.6 Å². The van der Waals surface area contributed by atoms with Crippen molar-refractivity contribution < 1.29 is 14.0 Å². The maximum atomic E-state index is 14.1. The minimum atomic E-state index is -1.55. The second kappa shape index (κ2) is 7.71. The number of hydrogen-bond acceptors (Lipinski definition) is 5. The van der Waals surface area contributed by atoms with E-state index in [2.05, 4.69) is 0 Å². The molecule has 0 bridgehead atoms. The van der Waals surface area contributed by atoms with Gasteiger partial charge in [0.15, 0.2) is 11.0 Å². The van der Waals surface area contributed by atoms with Crippen molar-refractivity contribution in [2.24, 2.45) is 0 Å². The Morgan fingerprint density at radius 2 is 1.85 bits per heavy atom. The van der Waals surface area contributed by atoms with Gasteiger partial charge in [-0.15, -0.1) is 0 Å². The summed E-state index contributed by atoms with van der Waals surface area (Å²) >= 11 is 6.17. The van der Waals surface area contributed by atoms with Gasteiger partial charge in [-0.2, -0.15) is 0 Å². The van der Waals surface area contributed by atoms with Crippen LogP contribution in [-0.4, -0.2) is 55.3 Å². The fourth-order valence-corrected chi connectivity index (χ4v) is 5.29. The molecule has 2 aliphatic rings. The van der Waals surface area contributed by atoms with Gasteiger partial charge in [0.1, 0.15) is 5.58 Å². The normalized spacial score (nSPS) is 19.3. The van der Waals surface area contributed by atoms with Crippen LogP contribution in [0.2, 0.25) is 5.02 Å². The lowest BCUT2D eigenvalue weighted by Gasteiger charge is -2.34. The van der Waals surface area contributed by atoms with Crippen molar-refractivity contribution in [3.05, 3.63) is 74.6 Å². The Kier molecular flexibility index (Phi) is 5.06. The molecule has 0 fully saturated rings. The number of benzene rings is 2. The van der Waals surface area contributed by atoms with E-state index in [0.717, 1.165) is 6.54 Å². The van der Waals surface area contributed by atoms with E-state index in [9.17, 15) is 14.4 Å². The number of anilines is 1. The smallest absolute Gasteiger partial charge is 0.291 e. The van der Waals surface area contributed by atoms with Crippen molar-refractivity contribution in [1.82, 2.24) is 9.80 Å². The topological polar surface area (TPSA) is 74.1 Å². The highest BCUT2D eigenvalue weighted by Crippen LogP contribution is 2.52. The third-order valence-electron chi connectivity index (χ3n) is 6.50. The molecule has 2 aliphatic heterocycles. The number of fused-ring (bicyclic) bond motifs is 5. The Morgan fingerprint density at radius 3 is 2.58 bits per heavy atom. The Morgan fingerprint density at radius 1 is 1.09 bits per heavy atom. The fraction of sp³-hybridized carbons (Fsp3) is 0.320. The van der Waals surface area contributed by atoms with Gasteiger partial charge in [0, 0.05) is 23.7 Å². The Labute approximate surface area is 196 Å². The highest BCUT2D eigenvalue weighted by molar-refractivity contribution is 6.31. The van der Waals surface area contributed by atoms with Gasteiger partial charge in [0.2, 0.25) is 5.76 Å². The predicted octanol–water partition coefficient (Wildman–Crippen LogP) is 3.46. The monoisotopic (exact) mass is 465 g/mol. The molecule has 0 saturated heterocycles. The molecule has 8 heteroatoms. The third-order valence-corrected chi connectivity index (χ3v) is 6.74. The van der Waals surface area contributed by atoms with E-state index in [1.54, 1.807) is 17.0 Å². The number of nitrogens with zero attached hydrogens (tertiary/aromatic N) is 3. The minimum absolute atomic E-state index is 0.0687. The minimum Gasteiger partial charge on any atom is -0.450 e. The third kappa shape index (κ3) is 2.89. The molecule has 1 spiro atoms. The summed E-state index contributed by atoms with van der Waals surface area (Å²) in [6, 6.07) is 12.1. The van der Waals surface area contributed by atoms with Gasteiger partial charge in [-0.1, -0.05) is 29.8 Å². The lowest BCUT2D eigenvalue weighted by Crippen LogP contribution is -2.53.